The van der Waals surface area contributed by atoms with Crippen molar-refractivity contribution in [2.24, 2.45) is 5.92 Å². The Morgan fingerprint density at radius 2 is 1.81 bits per heavy atom. The quantitative estimate of drug-likeness (QED) is 0.689. The Hall–Kier alpha value is -1.66. The van der Waals surface area contributed by atoms with Crippen LogP contribution in [0.15, 0.2) is 18.2 Å². The summed E-state index contributed by atoms with van der Waals surface area (Å²) in [6.45, 7) is 12.2. The normalized spacial score (nSPS) is 22.0. The first-order valence-corrected chi connectivity index (χ1v) is 12.7. The highest BCUT2D eigenvalue weighted by Crippen LogP contribution is 2.27. The molecular formula is C25H41N5O. The predicted molar refractivity (Wildman–Crippen MR) is 127 cm³/mol. The van der Waals surface area contributed by atoms with Crippen LogP contribution in [0.4, 0.5) is 5.82 Å². The monoisotopic (exact) mass is 427 g/mol. The van der Waals surface area contributed by atoms with E-state index in [-0.39, 0.29) is 5.91 Å². The van der Waals surface area contributed by atoms with Gasteiger partial charge in [0.15, 0.2) is 0 Å². The van der Waals surface area contributed by atoms with E-state index in [9.17, 15) is 4.79 Å². The number of pyridine rings is 1. The summed E-state index contributed by atoms with van der Waals surface area (Å²) >= 11 is 0. The highest BCUT2D eigenvalue weighted by atomic mass is 16.1. The molecule has 1 aromatic rings. The molecule has 0 radical (unpaired) electrons. The number of carbonyl (C=O) groups is 1. The number of nitrogens with one attached hydrogen (secondary N) is 1. The van der Waals surface area contributed by atoms with Gasteiger partial charge in [0, 0.05) is 44.8 Å². The summed E-state index contributed by atoms with van der Waals surface area (Å²) in [6.07, 6.45) is 8.78. The molecular weight excluding hydrogens is 386 g/mol. The number of nitrogens with zero attached hydrogens (tertiary/aromatic N) is 4. The lowest BCUT2D eigenvalue weighted by Gasteiger charge is -2.41. The van der Waals surface area contributed by atoms with Crippen LogP contribution < -0.4 is 10.2 Å². The van der Waals surface area contributed by atoms with E-state index in [1.165, 1.54) is 58.2 Å². The SMILES string of the molecule is CCC(CC)N1CCC(N2CCCN(c3cccc(C(=O)NCC4CC4)n3)CC2)CC1. The molecule has 0 aromatic carbocycles. The lowest BCUT2D eigenvalue weighted by atomic mass is 9.99. The third-order valence-corrected chi connectivity index (χ3v) is 7.54. The zero-order chi connectivity index (χ0) is 21.6. The second-order valence-electron chi connectivity index (χ2n) is 9.65. The molecule has 0 unspecified atom stereocenters. The molecule has 1 N–H and O–H groups in total. The molecule has 0 bridgehead atoms. The van der Waals surface area contributed by atoms with Crippen LogP contribution in [-0.4, -0.2) is 78.6 Å². The molecule has 2 aliphatic heterocycles. The fourth-order valence-electron chi connectivity index (χ4n) is 5.33. The molecule has 3 heterocycles. The molecule has 3 aliphatic rings. The van der Waals surface area contributed by atoms with E-state index in [0.717, 1.165) is 50.5 Å². The van der Waals surface area contributed by atoms with Gasteiger partial charge < -0.3 is 15.1 Å². The van der Waals surface area contributed by atoms with Crippen molar-refractivity contribution in [3.63, 3.8) is 0 Å². The van der Waals surface area contributed by atoms with E-state index in [0.29, 0.717) is 11.6 Å². The molecule has 3 fully saturated rings. The number of aromatic nitrogens is 1. The van der Waals surface area contributed by atoms with Gasteiger partial charge in [-0.2, -0.15) is 0 Å². The van der Waals surface area contributed by atoms with Gasteiger partial charge in [-0.25, -0.2) is 4.98 Å². The van der Waals surface area contributed by atoms with Crippen molar-refractivity contribution in [2.45, 2.75) is 70.9 Å². The van der Waals surface area contributed by atoms with Gasteiger partial charge in [0.1, 0.15) is 11.5 Å². The number of amides is 1. The molecule has 2 saturated heterocycles. The minimum absolute atomic E-state index is 0.0329. The molecule has 1 amide bonds. The molecule has 6 nitrogen and oxygen atoms in total. The van der Waals surface area contributed by atoms with E-state index in [1.807, 2.05) is 12.1 Å². The van der Waals surface area contributed by atoms with Crippen LogP contribution in [0, 0.1) is 5.92 Å². The van der Waals surface area contributed by atoms with Gasteiger partial charge in [-0.1, -0.05) is 19.9 Å². The fourth-order valence-corrected chi connectivity index (χ4v) is 5.33. The number of piperidine rings is 1. The van der Waals surface area contributed by atoms with Crippen molar-refractivity contribution >= 4 is 11.7 Å². The average molecular weight is 428 g/mol. The summed E-state index contributed by atoms with van der Waals surface area (Å²) in [5.41, 5.74) is 0.549. The van der Waals surface area contributed by atoms with Crippen LogP contribution in [0.1, 0.15) is 69.3 Å². The van der Waals surface area contributed by atoms with E-state index < -0.39 is 0 Å². The predicted octanol–water partition coefficient (Wildman–Crippen LogP) is 3.39. The van der Waals surface area contributed by atoms with Crippen LogP contribution in [0.3, 0.4) is 0 Å². The highest BCUT2D eigenvalue weighted by Gasteiger charge is 2.28. The molecule has 1 saturated carbocycles. The van der Waals surface area contributed by atoms with E-state index in [2.05, 4.69) is 39.9 Å². The number of hydrogen-bond donors (Lipinski definition) is 1. The molecule has 31 heavy (non-hydrogen) atoms. The maximum Gasteiger partial charge on any atom is 0.269 e. The summed E-state index contributed by atoms with van der Waals surface area (Å²) in [6, 6.07) is 7.36. The van der Waals surface area contributed by atoms with Crippen LogP contribution in [0.2, 0.25) is 0 Å². The maximum absolute atomic E-state index is 12.5. The second kappa shape index (κ2) is 10.8. The summed E-state index contributed by atoms with van der Waals surface area (Å²) < 4.78 is 0. The molecule has 6 heteroatoms. The number of hydrogen-bond acceptors (Lipinski definition) is 5. The third-order valence-electron chi connectivity index (χ3n) is 7.54. The Labute approximate surface area is 188 Å². The van der Waals surface area contributed by atoms with Gasteiger partial charge in [-0.05, 0) is 76.1 Å². The molecule has 172 valence electrons. The number of carbonyl (C=O) groups excluding carboxylic acids is 1. The van der Waals surface area contributed by atoms with Crippen molar-refractivity contribution in [1.82, 2.24) is 20.1 Å². The summed E-state index contributed by atoms with van der Waals surface area (Å²) in [5.74, 6) is 1.60. The first kappa shape index (κ1) is 22.5. The molecule has 0 spiro atoms. The topological polar surface area (TPSA) is 51.7 Å². The van der Waals surface area contributed by atoms with Gasteiger partial charge in [0.2, 0.25) is 0 Å². The zero-order valence-electron chi connectivity index (χ0n) is 19.6. The minimum Gasteiger partial charge on any atom is -0.355 e. The first-order chi connectivity index (χ1) is 15.2. The number of likely N-dealkylation sites (tertiary alicyclic amines) is 1. The highest BCUT2D eigenvalue weighted by molar-refractivity contribution is 5.92. The zero-order valence-corrected chi connectivity index (χ0v) is 19.6. The van der Waals surface area contributed by atoms with Gasteiger partial charge in [-0.15, -0.1) is 0 Å². The molecule has 1 aromatic heterocycles. The summed E-state index contributed by atoms with van der Waals surface area (Å²) in [7, 11) is 0. The smallest absolute Gasteiger partial charge is 0.269 e. The van der Waals surface area contributed by atoms with Gasteiger partial charge in [-0.3, -0.25) is 9.69 Å². The Kier molecular flexibility index (Phi) is 7.83. The Balaban J connectivity index is 1.29. The van der Waals surface area contributed by atoms with Crippen molar-refractivity contribution in [2.75, 3.05) is 50.7 Å². The van der Waals surface area contributed by atoms with Crippen LogP contribution in [0.5, 0.6) is 0 Å². The van der Waals surface area contributed by atoms with Crippen molar-refractivity contribution in [3.8, 4) is 0 Å². The standard InChI is InChI=1S/C25H41N5O/c1-3-21(4-2)29-15-11-22(12-16-29)28-13-6-14-30(18-17-28)24-8-5-7-23(27-24)25(31)26-19-20-9-10-20/h5,7-8,20-22H,3-4,6,9-19H2,1-2H3,(H,26,31). The van der Waals surface area contributed by atoms with Crippen molar-refractivity contribution in [3.05, 3.63) is 23.9 Å². The largest absolute Gasteiger partial charge is 0.355 e. The molecule has 0 atom stereocenters. The van der Waals surface area contributed by atoms with Gasteiger partial charge >= 0.3 is 0 Å². The number of rotatable bonds is 8. The third kappa shape index (κ3) is 5.98. The Morgan fingerprint density at radius 1 is 1.03 bits per heavy atom. The lowest BCUT2D eigenvalue weighted by molar-refractivity contribution is 0.0839. The van der Waals surface area contributed by atoms with Crippen molar-refractivity contribution < 1.29 is 4.79 Å². The first-order valence-electron chi connectivity index (χ1n) is 12.7. The van der Waals surface area contributed by atoms with E-state index >= 15 is 0 Å². The maximum atomic E-state index is 12.5. The van der Waals surface area contributed by atoms with Crippen LogP contribution in [-0.2, 0) is 0 Å². The Bertz CT molecular complexity index is 710. The summed E-state index contributed by atoms with van der Waals surface area (Å²) in [4.78, 5) is 25.0. The summed E-state index contributed by atoms with van der Waals surface area (Å²) in [5, 5.41) is 3.04. The van der Waals surface area contributed by atoms with E-state index in [1.54, 1.807) is 0 Å². The van der Waals surface area contributed by atoms with Crippen LogP contribution in [0.25, 0.3) is 0 Å². The van der Waals surface area contributed by atoms with Crippen LogP contribution >= 0.6 is 0 Å². The Morgan fingerprint density at radius 3 is 2.52 bits per heavy atom. The molecule has 4 rings (SSSR count). The van der Waals surface area contributed by atoms with E-state index in [4.69, 9.17) is 4.98 Å². The second-order valence-corrected chi connectivity index (χ2v) is 9.65. The molecule has 1 aliphatic carbocycles. The fraction of sp³-hybridized carbons (Fsp3) is 0.760. The number of anilines is 1. The minimum atomic E-state index is -0.0329. The van der Waals surface area contributed by atoms with Crippen molar-refractivity contribution in [1.29, 1.82) is 0 Å². The average Bonchev–Trinajstić information content (AvgIpc) is 3.66. The van der Waals surface area contributed by atoms with Gasteiger partial charge in [0.25, 0.3) is 5.91 Å². The lowest BCUT2D eigenvalue weighted by Crippen LogP contribution is -2.48. The van der Waals surface area contributed by atoms with Gasteiger partial charge in [0.05, 0.1) is 0 Å².